The molecule has 2 aliphatic rings. The molecule has 0 aromatic carbocycles. The number of nitrogens with zero attached hydrogens (tertiary/aromatic N) is 4. The van der Waals surface area contributed by atoms with Crippen molar-refractivity contribution in [3.63, 3.8) is 0 Å². The lowest BCUT2D eigenvalue weighted by atomic mass is 10.2. The average Bonchev–Trinajstić information content (AvgIpc) is 2.98. The van der Waals surface area contributed by atoms with Crippen LogP contribution in [-0.4, -0.2) is 59.7 Å². The molecule has 3 rings (SSSR count). The number of nitrogen functional groups attached to an aromatic ring is 1. The third-order valence-corrected chi connectivity index (χ3v) is 4.22. The largest absolute Gasteiger partial charge is 0.379 e. The zero-order valence-corrected chi connectivity index (χ0v) is 10.5. The van der Waals surface area contributed by atoms with E-state index < -0.39 is 0 Å². The van der Waals surface area contributed by atoms with E-state index in [9.17, 15) is 0 Å². The van der Waals surface area contributed by atoms with E-state index in [2.05, 4.69) is 19.2 Å². The van der Waals surface area contributed by atoms with E-state index in [0.717, 1.165) is 44.5 Å². The second-order valence-electron chi connectivity index (χ2n) is 4.47. The summed E-state index contributed by atoms with van der Waals surface area (Å²) in [5.74, 6) is 0.389. The van der Waals surface area contributed by atoms with Crippen molar-refractivity contribution in [2.45, 2.75) is 12.5 Å². The van der Waals surface area contributed by atoms with E-state index in [1.807, 2.05) is 0 Å². The molecule has 3 heterocycles. The lowest BCUT2D eigenvalue weighted by Gasteiger charge is -2.31. The molecule has 1 aromatic heterocycles. The van der Waals surface area contributed by atoms with Gasteiger partial charge in [0, 0.05) is 43.8 Å². The summed E-state index contributed by atoms with van der Waals surface area (Å²) in [7, 11) is 0. The first-order valence-electron chi connectivity index (χ1n) is 5.99. The number of aromatic nitrogens is 2. The Morgan fingerprint density at radius 3 is 2.82 bits per heavy atom. The number of hydrogen-bond donors (Lipinski definition) is 1. The predicted molar refractivity (Wildman–Crippen MR) is 67.3 cm³/mol. The third-order valence-electron chi connectivity index (χ3n) is 3.43. The van der Waals surface area contributed by atoms with Gasteiger partial charge in [0.15, 0.2) is 0 Å². The van der Waals surface area contributed by atoms with Gasteiger partial charge in [0.1, 0.15) is 0 Å². The lowest BCUT2D eigenvalue weighted by Crippen LogP contribution is -2.44. The van der Waals surface area contributed by atoms with Crippen LogP contribution in [0.4, 0.5) is 11.1 Å². The van der Waals surface area contributed by atoms with Crippen molar-refractivity contribution < 1.29 is 4.74 Å². The number of anilines is 2. The molecule has 0 spiro atoms. The number of hydrogen-bond acceptors (Lipinski definition) is 7. The van der Waals surface area contributed by atoms with E-state index in [1.165, 1.54) is 18.0 Å². The SMILES string of the molecule is Nc1nsc(N2CCC(N3CCOCC3)C2)n1. The molecule has 1 aromatic rings. The van der Waals surface area contributed by atoms with E-state index in [0.29, 0.717) is 12.0 Å². The first kappa shape index (κ1) is 11.2. The number of nitrogens with two attached hydrogens (primary N) is 1. The normalized spacial score (nSPS) is 26.6. The number of rotatable bonds is 2. The molecule has 2 aliphatic heterocycles. The van der Waals surface area contributed by atoms with Crippen LogP contribution in [-0.2, 0) is 4.74 Å². The van der Waals surface area contributed by atoms with Gasteiger partial charge in [0.05, 0.1) is 13.2 Å². The third kappa shape index (κ3) is 2.36. The van der Waals surface area contributed by atoms with Gasteiger partial charge in [-0.2, -0.15) is 9.36 Å². The molecule has 2 N–H and O–H groups in total. The second kappa shape index (κ2) is 4.75. The molecule has 1 unspecified atom stereocenters. The molecular formula is C10H17N5OS. The molecule has 0 amide bonds. The molecule has 17 heavy (non-hydrogen) atoms. The number of morpholine rings is 1. The summed E-state index contributed by atoms with van der Waals surface area (Å²) >= 11 is 1.39. The Kier molecular flexibility index (Phi) is 3.13. The Morgan fingerprint density at radius 1 is 1.29 bits per heavy atom. The molecule has 0 aliphatic carbocycles. The fraction of sp³-hybridized carbons (Fsp3) is 0.800. The molecular weight excluding hydrogens is 238 g/mol. The fourth-order valence-corrected chi connectivity index (χ4v) is 3.14. The minimum atomic E-state index is 0.389. The maximum Gasteiger partial charge on any atom is 0.233 e. The minimum Gasteiger partial charge on any atom is -0.379 e. The lowest BCUT2D eigenvalue weighted by molar-refractivity contribution is 0.0209. The van der Waals surface area contributed by atoms with Crippen LogP contribution < -0.4 is 10.6 Å². The van der Waals surface area contributed by atoms with Gasteiger partial charge in [-0.25, -0.2) is 0 Å². The van der Waals surface area contributed by atoms with Crippen molar-refractivity contribution in [1.29, 1.82) is 0 Å². The highest BCUT2D eigenvalue weighted by Gasteiger charge is 2.30. The summed E-state index contributed by atoms with van der Waals surface area (Å²) in [6, 6.07) is 0.629. The number of ether oxygens (including phenoxy) is 1. The van der Waals surface area contributed by atoms with Crippen LogP contribution in [0.5, 0.6) is 0 Å². The minimum absolute atomic E-state index is 0.389. The fourth-order valence-electron chi connectivity index (χ4n) is 2.51. The summed E-state index contributed by atoms with van der Waals surface area (Å²) in [5, 5.41) is 0.957. The molecule has 6 nitrogen and oxygen atoms in total. The molecule has 94 valence electrons. The predicted octanol–water partition coefficient (Wildman–Crippen LogP) is 0.0312. The molecule has 1 atom stereocenters. The molecule has 2 fully saturated rings. The molecule has 2 saturated heterocycles. The van der Waals surface area contributed by atoms with Gasteiger partial charge < -0.3 is 15.4 Å². The average molecular weight is 255 g/mol. The van der Waals surface area contributed by atoms with Crippen LogP contribution >= 0.6 is 11.5 Å². The monoisotopic (exact) mass is 255 g/mol. The topological polar surface area (TPSA) is 67.5 Å². The maximum atomic E-state index is 5.56. The Hall–Kier alpha value is -0.920. The highest BCUT2D eigenvalue weighted by Crippen LogP contribution is 2.25. The van der Waals surface area contributed by atoms with Gasteiger partial charge in [0.2, 0.25) is 11.1 Å². The molecule has 7 heteroatoms. The van der Waals surface area contributed by atoms with Gasteiger partial charge in [0.25, 0.3) is 0 Å². The van der Waals surface area contributed by atoms with Gasteiger partial charge in [-0.15, -0.1) is 0 Å². The van der Waals surface area contributed by atoms with Crippen LogP contribution in [0.1, 0.15) is 6.42 Å². The zero-order chi connectivity index (χ0) is 11.7. The van der Waals surface area contributed by atoms with E-state index in [-0.39, 0.29) is 0 Å². The summed E-state index contributed by atoms with van der Waals surface area (Å²) in [6.07, 6.45) is 1.19. The smallest absolute Gasteiger partial charge is 0.233 e. The van der Waals surface area contributed by atoms with Gasteiger partial charge in [-0.05, 0) is 6.42 Å². The van der Waals surface area contributed by atoms with E-state index in [4.69, 9.17) is 10.5 Å². The quantitative estimate of drug-likeness (QED) is 0.804. The van der Waals surface area contributed by atoms with Crippen molar-refractivity contribution in [3.8, 4) is 0 Å². The zero-order valence-electron chi connectivity index (χ0n) is 9.71. The molecule has 0 saturated carbocycles. The summed E-state index contributed by atoms with van der Waals surface area (Å²) in [5.41, 5.74) is 5.56. The Balaban J connectivity index is 1.61. The highest BCUT2D eigenvalue weighted by molar-refractivity contribution is 7.09. The Labute approximate surface area is 105 Å². The summed E-state index contributed by atoms with van der Waals surface area (Å²) in [4.78, 5) is 9.05. The Bertz CT molecular complexity index is 379. The second-order valence-corrected chi connectivity index (χ2v) is 5.20. The first-order chi connectivity index (χ1) is 8.33. The van der Waals surface area contributed by atoms with Crippen molar-refractivity contribution in [2.24, 2.45) is 0 Å². The van der Waals surface area contributed by atoms with Gasteiger partial charge in [-0.3, -0.25) is 4.90 Å². The summed E-state index contributed by atoms with van der Waals surface area (Å²) in [6.45, 7) is 5.92. The Morgan fingerprint density at radius 2 is 2.12 bits per heavy atom. The van der Waals surface area contributed by atoms with Crippen LogP contribution in [0.15, 0.2) is 0 Å². The van der Waals surface area contributed by atoms with Crippen molar-refractivity contribution in [2.75, 3.05) is 50.0 Å². The van der Waals surface area contributed by atoms with Crippen molar-refractivity contribution >= 4 is 22.6 Å². The molecule has 0 radical (unpaired) electrons. The van der Waals surface area contributed by atoms with Crippen LogP contribution in [0.2, 0.25) is 0 Å². The maximum absolute atomic E-state index is 5.56. The van der Waals surface area contributed by atoms with Gasteiger partial charge in [-0.1, -0.05) is 0 Å². The van der Waals surface area contributed by atoms with Crippen LogP contribution in [0.3, 0.4) is 0 Å². The molecule has 0 bridgehead atoms. The first-order valence-corrected chi connectivity index (χ1v) is 6.76. The van der Waals surface area contributed by atoms with E-state index >= 15 is 0 Å². The summed E-state index contributed by atoms with van der Waals surface area (Å²) < 4.78 is 9.41. The van der Waals surface area contributed by atoms with Crippen molar-refractivity contribution in [3.05, 3.63) is 0 Å². The van der Waals surface area contributed by atoms with Crippen LogP contribution in [0, 0.1) is 0 Å². The van der Waals surface area contributed by atoms with Crippen LogP contribution in [0.25, 0.3) is 0 Å². The van der Waals surface area contributed by atoms with E-state index in [1.54, 1.807) is 0 Å². The van der Waals surface area contributed by atoms with Crippen molar-refractivity contribution in [1.82, 2.24) is 14.3 Å². The van der Waals surface area contributed by atoms with Gasteiger partial charge >= 0.3 is 0 Å². The standard InChI is InChI=1S/C10H17N5OS/c11-9-12-10(17-13-9)15-2-1-8(7-15)14-3-5-16-6-4-14/h8H,1-7H2,(H2,11,13). The highest BCUT2D eigenvalue weighted by atomic mass is 32.1.